The summed E-state index contributed by atoms with van der Waals surface area (Å²) < 4.78 is 5.72. The summed E-state index contributed by atoms with van der Waals surface area (Å²) in [7, 11) is 0. The summed E-state index contributed by atoms with van der Waals surface area (Å²) in [5, 5.41) is 3.51. The molecule has 3 nitrogen and oxygen atoms in total. The molecule has 2 heterocycles. The number of hydrogen-bond donors (Lipinski definition) is 1. The van der Waals surface area contributed by atoms with Crippen molar-refractivity contribution in [3.05, 3.63) is 29.7 Å². The van der Waals surface area contributed by atoms with Crippen LogP contribution >= 0.6 is 0 Å². The zero-order chi connectivity index (χ0) is 11.8. The van der Waals surface area contributed by atoms with Gasteiger partial charge in [-0.25, -0.2) is 4.98 Å². The second-order valence-electron chi connectivity index (χ2n) is 5.08. The van der Waals surface area contributed by atoms with E-state index in [1.807, 2.05) is 6.07 Å². The summed E-state index contributed by atoms with van der Waals surface area (Å²) in [5.74, 6) is 1.17. The zero-order valence-corrected chi connectivity index (χ0v) is 10.4. The highest BCUT2D eigenvalue weighted by molar-refractivity contribution is 5.73. The number of nitrogens with zero attached hydrogens (tertiary/aromatic N) is 1. The van der Waals surface area contributed by atoms with Crippen LogP contribution in [0.1, 0.15) is 50.1 Å². The standard InChI is InChI=1S/C14H18N2O/c1-9(2)14-16-12-8-10(5-6-13(12)17-14)11-4-3-7-15-11/h5-6,8-9,11,15H,3-4,7H2,1-2H3. The van der Waals surface area contributed by atoms with Crippen molar-refractivity contribution in [2.75, 3.05) is 6.54 Å². The lowest BCUT2D eigenvalue weighted by atomic mass is 10.1. The second kappa shape index (κ2) is 4.15. The van der Waals surface area contributed by atoms with Gasteiger partial charge in [0.2, 0.25) is 0 Å². The molecule has 1 unspecified atom stereocenters. The number of benzene rings is 1. The molecule has 0 saturated carbocycles. The van der Waals surface area contributed by atoms with E-state index in [9.17, 15) is 0 Å². The van der Waals surface area contributed by atoms with Crippen LogP contribution in [0.2, 0.25) is 0 Å². The summed E-state index contributed by atoms with van der Waals surface area (Å²) in [6.45, 7) is 5.33. The quantitative estimate of drug-likeness (QED) is 0.859. The Labute approximate surface area is 101 Å². The number of fused-ring (bicyclic) bond motifs is 1. The van der Waals surface area contributed by atoms with Gasteiger partial charge in [-0.05, 0) is 37.1 Å². The molecule has 1 fully saturated rings. The van der Waals surface area contributed by atoms with Crippen LogP contribution in [0.15, 0.2) is 22.6 Å². The molecule has 1 N–H and O–H groups in total. The topological polar surface area (TPSA) is 38.1 Å². The SMILES string of the molecule is CC(C)c1nc2cc(C3CCCN3)ccc2o1. The molecule has 1 atom stereocenters. The molecular formula is C14H18N2O. The van der Waals surface area contributed by atoms with Gasteiger partial charge in [-0.3, -0.25) is 0 Å². The summed E-state index contributed by atoms with van der Waals surface area (Å²) >= 11 is 0. The zero-order valence-electron chi connectivity index (χ0n) is 10.4. The van der Waals surface area contributed by atoms with Crippen molar-refractivity contribution in [2.24, 2.45) is 0 Å². The fraction of sp³-hybridized carbons (Fsp3) is 0.500. The maximum Gasteiger partial charge on any atom is 0.198 e. The van der Waals surface area contributed by atoms with Crippen molar-refractivity contribution in [3.8, 4) is 0 Å². The minimum absolute atomic E-state index is 0.343. The molecule has 3 heteroatoms. The molecular weight excluding hydrogens is 212 g/mol. The Balaban J connectivity index is 2.00. The third-order valence-electron chi connectivity index (χ3n) is 3.38. The third kappa shape index (κ3) is 1.95. The highest BCUT2D eigenvalue weighted by atomic mass is 16.3. The molecule has 1 saturated heterocycles. The van der Waals surface area contributed by atoms with Crippen LogP contribution in [0.4, 0.5) is 0 Å². The maximum atomic E-state index is 5.72. The molecule has 3 rings (SSSR count). The van der Waals surface area contributed by atoms with Gasteiger partial charge >= 0.3 is 0 Å². The van der Waals surface area contributed by atoms with E-state index in [2.05, 4.69) is 36.3 Å². The van der Waals surface area contributed by atoms with E-state index in [0.29, 0.717) is 12.0 Å². The van der Waals surface area contributed by atoms with Crippen molar-refractivity contribution in [1.29, 1.82) is 0 Å². The van der Waals surface area contributed by atoms with E-state index >= 15 is 0 Å². The van der Waals surface area contributed by atoms with Crippen LogP contribution in [0.25, 0.3) is 11.1 Å². The van der Waals surface area contributed by atoms with Crippen molar-refractivity contribution in [1.82, 2.24) is 10.3 Å². The monoisotopic (exact) mass is 230 g/mol. The van der Waals surface area contributed by atoms with Crippen LogP contribution in [0, 0.1) is 0 Å². The maximum absolute atomic E-state index is 5.72. The van der Waals surface area contributed by atoms with Crippen LogP contribution in [0.5, 0.6) is 0 Å². The Morgan fingerprint density at radius 2 is 2.29 bits per heavy atom. The number of nitrogens with one attached hydrogen (secondary N) is 1. The van der Waals surface area contributed by atoms with Crippen molar-refractivity contribution in [3.63, 3.8) is 0 Å². The van der Waals surface area contributed by atoms with E-state index < -0.39 is 0 Å². The molecule has 2 aromatic rings. The van der Waals surface area contributed by atoms with Gasteiger partial charge < -0.3 is 9.73 Å². The van der Waals surface area contributed by atoms with E-state index in [4.69, 9.17) is 4.42 Å². The van der Waals surface area contributed by atoms with Crippen molar-refractivity contribution >= 4 is 11.1 Å². The fourth-order valence-electron chi connectivity index (χ4n) is 2.40. The highest BCUT2D eigenvalue weighted by Gasteiger charge is 2.17. The molecule has 0 radical (unpaired) electrons. The summed E-state index contributed by atoms with van der Waals surface area (Å²) in [6.07, 6.45) is 2.49. The lowest BCUT2D eigenvalue weighted by Crippen LogP contribution is -2.12. The first-order valence-electron chi connectivity index (χ1n) is 6.38. The molecule has 0 aliphatic carbocycles. The first-order chi connectivity index (χ1) is 8.24. The summed E-state index contributed by atoms with van der Waals surface area (Å²) in [4.78, 5) is 4.55. The minimum atomic E-state index is 0.343. The van der Waals surface area contributed by atoms with E-state index in [1.54, 1.807) is 0 Å². The van der Waals surface area contributed by atoms with Gasteiger partial charge in [0, 0.05) is 12.0 Å². The highest BCUT2D eigenvalue weighted by Crippen LogP contribution is 2.27. The number of oxazole rings is 1. The van der Waals surface area contributed by atoms with Gasteiger partial charge in [-0.15, -0.1) is 0 Å². The largest absolute Gasteiger partial charge is 0.440 e. The summed E-state index contributed by atoms with van der Waals surface area (Å²) in [5.41, 5.74) is 3.22. The first-order valence-corrected chi connectivity index (χ1v) is 6.38. The average molecular weight is 230 g/mol. The molecule has 1 aromatic carbocycles. The van der Waals surface area contributed by atoms with Gasteiger partial charge in [0.25, 0.3) is 0 Å². The van der Waals surface area contributed by atoms with Crippen molar-refractivity contribution in [2.45, 2.75) is 38.6 Å². The number of hydrogen-bond acceptors (Lipinski definition) is 3. The number of aromatic nitrogens is 1. The molecule has 0 spiro atoms. The van der Waals surface area contributed by atoms with Gasteiger partial charge in [0.1, 0.15) is 5.52 Å². The molecule has 90 valence electrons. The average Bonchev–Trinajstić information content (AvgIpc) is 2.97. The summed E-state index contributed by atoms with van der Waals surface area (Å²) in [6, 6.07) is 6.86. The van der Waals surface area contributed by atoms with Crippen molar-refractivity contribution < 1.29 is 4.42 Å². The Kier molecular flexibility index (Phi) is 2.63. The molecule has 17 heavy (non-hydrogen) atoms. The van der Waals surface area contributed by atoms with Crippen LogP contribution in [0.3, 0.4) is 0 Å². The lowest BCUT2D eigenvalue weighted by Gasteiger charge is -2.09. The second-order valence-corrected chi connectivity index (χ2v) is 5.08. The normalized spacial score (nSPS) is 20.5. The number of rotatable bonds is 2. The Bertz CT molecular complexity index is 524. The van der Waals surface area contributed by atoms with Gasteiger partial charge in [-0.2, -0.15) is 0 Å². The van der Waals surface area contributed by atoms with E-state index in [1.165, 1.54) is 18.4 Å². The molecule has 0 bridgehead atoms. The predicted molar refractivity (Wildman–Crippen MR) is 68.1 cm³/mol. The van der Waals surface area contributed by atoms with Crippen LogP contribution < -0.4 is 5.32 Å². The predicted octanol–water partition coefficient (Wildman–Crippen LogP) is 3.38. The fourth-order valence-corrected chi connectivity index (χ4v) is 2.40. The lowest BCUT2D eigenvalue weighted by molar-refractivity contribution is 0.501. The van der Waals surface area contributed by atoms with Crippen LogP contribution in [-0.2, 0) is 0 Å². The Morgan fingerprint density at radius 1 is 1.41 bits per heavy atom. The smallest absolute Gasteiger partial charge is 0.198 e. The minimum Gasteiger partial charge on any atom is -0.440 e. The van der Waals surface area contributed by atoms with Gasteiger partial charge in [0.15, 0.2) is 11.5 Å². The van der Waals surface area contributed by atoms with Crippen LogP contribution in [-0.4, -0.2) is 11.5 Å². The van der Waals surface area contributed by atoms with E-state index in [-0.39, 0.29) is 0 Å². The molecule has 1 aliphatic rings. The van der Waals surface area contributed by atoms with Gasteiger partial charge in [-0.1, -0.05) is 19.9 Å². The van der Waals surface area contributed by atoms with E-state index in [0.717, 1.165) is 23.5 Å². The Morgan fingerprint density at radius 3 is 3.00 bits per heavy atom. The third-order valence-corrected chi connectivity index (χ3v) is 3.38. The molecule has 1 aromatic heterocycles. The first kappa shape index (κ1) is 10.8. The Hall–Kier alpha value is -1.35. The molecule has 0 amide bonds. The molecule has 1 aliphatic heterocycles. The van der Waals surface area contributed by atoms with Gasteiger partial charge in [0.05, 0.1) is 0 Å².